The van der Waals surface area contributed by atoms with Gasteiger partial charge in [0.1, 0.15) is 10.8 Å². The highest BCUT2D eigenvalue weighted by molar-refractivity contribution is 7.21. The molecule has 1 atom stereocenters. The van der Waals surface area contributed by atoms with Gasteiger partial charge in [0, 0.05) is 18.2 Å². The number of hydrogen-bond donors (Lipinski definition) is 1. The quantitative estimate of drug-likeness (QED) is 0.706. The molecule has 0 aliphatic heterocycles. The van der Waals surface area contributed by atoms with Gasteiger partial charge >= 0.3 is 0 Å². The molecule has 3 aromatic rings. The summed E-state index contributed by atoms with van der Waals surface area (Å²) in [5, 5.41) is 3.82. The number of aromatic nitrogens is 2. The van der Waals surface area contributed by atoms with Crippen molar-refractivity contribution in [3.63, 3.8) is 0 Å². The van der Waals surface area contributed by atoms with E-state index in [9.17, 15) is 4.79 Å². The predicted octanol–water partition coefficient (Wildman–Crippen LogP) is 4.65. The number of nitrogens with one attached hydrogen (secondary N) is 1. The van der Waals surface area contributed by atoms with Crippen LogP contribution in [0.5, 0.6) is 0 Å². The molecule has 1 aromatic carbocycles. The van der Waals surface area contributed by atoms with Crippen LogP contribution in [0.2, 0.25) is 0 Å². The molecule has 1 aliphatic carbocycles. The number of carbonyl (C=O) groups excluding carboxylic acids is 1. The number of fused-ring (bicyclic) bond motifs is 1. The standard InChI is InChI=1S/C19H17N3OS/c23-18(11-13-5-1-2-6-13)22-17-10-9-14(12-20-17)19-21-15-7-3-4-8-16(15)24-19/h1,3-5,7-10,12-13H,2,6,11H2,(H,20,22,23). The van der Waals surface area contributed by atoms with Crippen LogP contribution in [0.25, 0.3) is 20.8 Å². The largest absolute Gasteiger partial charge is 0.311 e. The van der Waals surface area contributed by atoms with Crippen molar-refractivity contribution in [2.45, 2.75) is 19.3 Å². The van der Waals surface area contributed by atoms with Crippen LogP contribution < -0.4 is 5.32 Å². The Labute approximate surface area is 144 Å². The fourth-order valence-electron chi connectivity index (χ4n) is 2.89. The van der Waals surface area contributed by atoms with Gasteiger partial charge in [-0.1, -0.05) is 24.3 Å². The summed E-state index contributed by atoms with van der Waals surface area (Å²) in [6.45, 7) is 0. The molecule has 0 radical (unpaired) electrons. The maximum Gasteiger partial charge on any atom is 0.226 e. The molecular weight excluding hydrogens is 318 g/mol. The first-order valence-corrected chi connectivity index (χ1v) is 8.88. The molecule has 2 aromatic heterocycles. The van der Waals surface area contributed by atoms with Crippen LogP contribution >= 0.6 is 11.3 Å². The van der Waals surface area contributed by atoms with E-state index >= 15 is 0 Å². The van der Waals surface area contributed by atoms with Crippen LogP contribution in [0.4, 0.5) is 5.82 Å². The highest BCUT2D eigenvalue weighted by Crippen LogP contribution is 2.30. The molecule has 1 aliphatic rings. The average molecular weight is 335 g/mol. The molecular formula is C19H17N3OS. The predicted molar refractivity (Wildman–Crippen MR) is 98.0 cm³/mol. The number of benzene rings is 1. The van der Waals surface area contributed by atoms with Crippen molar-refractivity contribution in [3.8, 4) is 10.6 Å². The normalized spacial score (nSPS) is 16.6. The molecule has 120 valence electrons. The van der Waals surface area contributed by atoms with Gasteiger partial charge in [0.05, 0.1) is 10.2 Å². The lowest BCUT2D eigenvalue weighted by Gasteiger charge is -2.08. The number of hydrogen-bond acceptors (Lipinski definition) is 4. The van der Waals surface area contributed by atoms with E-state index in [1.165, 1.54) is 0 Å². The number of para-hydroxylation sites is 1. The van der Waals surface area contributed by atoms with Gasteiger partial charge in [-0.05, 0) is 43.0 Å². The second-order valence-electron chi connectivity index (χ2n) is 5.94. The molecule has 5 heteroatoms. The summed E-state index contributed by atoms with van der Waals surface area (Å²) < 4.78 is 1.16. The summed E-state index contributed by atoms with van der Waals surface area (Å²) in [5.74, 6) is 0.977. The van der Waals surface area contributed by atoms with E-state index < -0.39 is 0 Å². The summed E-state index contributed by atoms with van der Waals surface area (Å²) in [5.41, 5.74) is 1.97. The van der Waals surface area contributed by atoms with Gasteiger partial charge in [0.15, 0.2) is 0 Å². The lowest BCUT2D eigenvalue weighted by atomic mass is 10.1. The fraction of sp³-hybridized carbons (Fsp3) is 0.211. The Morgan fingerprint density at radius 1 is 1.25 bits per heavy atom. The van der Waals surface area contributed by atoms with E-state index in [2.05, 4.69) is 33.5 Å². The zero-order valence-electron chi connectivity index (χ0n) is 13.1. The molecule has 4 rings (SSSR count). The van der Waals surface area contributed by atoms with Crippen molar-refractivity contribution in [2.24, 2.45) is 5.92 Å². The molecule has 0 fully saturated rings. The van der Waals surface area contributed by atoms with Crippen LogP contribution in [-0.2, 0) is 4.79 Å². The first-order chi connectivity index (χ1) is 11.8. The van der Waals surface area contributed by atoms with Crippen LogP contribution in [0.1, 0.15) is 19.3 Å². The smallest absolute Gasteiger partial charge is 0.226 e. The molecule has 4 nitrogen and oxygen atoms in total. The number of thiazole rings is 1. The van der Waals surface area contributed by atoms with Gasteiger partial charge in [-0.15, -0.1) is 11.3 Å². The lowest BCUT2D eigenvalue weighted by Crippen LogP contribution is -2.15. The zero-order chi connectivity index (χ0) is 16.4. The minimum atomic E-state index is 0.0202. The highest BCUT2D eigenvalue weighted by Gasteiger charge is 2.14. The van der Waals surface area contributed by atoms with Gasteiger partial charge in [0.2, 0.25) is 5.91 Å². The van der Waals surface area contributed by atoms with Crippen LogP contribution in [0.3, 0.4) is 0 Å². The van der Waals surface area contributed by atoms with Gasteiger partial charge in [-0.3, -0.25) is 4.79 Å². The van der Waals surface area contributed by atoms with Gasteiger partial charge < -0.3 is 5.32 Å². The van der Waals surface area contributed by atoms with Crippen LogP contribution in [0.15, 0.2) is 54.7 Å². The molecule has 0 spiro atoms. The zero-order valence-corrected chi connectivity index (χ0v) is 13.9. The summed E-state index contributed by atoms with van der Waals surface area (Å²) in [7, 11) is 0. The minimum Gasteiger partial charge on any atom is -0.311 e. The van der Waals surface area contributed by atoms with E-state index in [-0.39, 0.29) is 5.91 Å². The van der Waals surface area contributed by atoms with Crippen molar-refractivity contribution < 1.29 is 4.79 Å². The van der Waals surface area contributed by atoms with Crippen molar-refractivity contribution in [1.82, 2.24) is 9.97 Å². The Morgan fingerprint density at radius 3 is 2.92 bits per heavy atom. The Kier molecular flexibility index (Phi) is 4.09. The molecule has 1 unspecified atom stereocenters. The SMILES string of the molecule is O=C(CC1C=CCC1)Nc1ccc(-c2nc3ccccc3s2)cn1. The summed E-state index contributed by atoms with van der Waals surface area (Å²) in [6, 6.07) is 11.9. The van der Waals surface area contributed by atoms with E-state index in [4.69, 9.17) is 0 Å². The maximum absolute atomic E-state index is 12.0. The number of nitrogens with zero attached hydrogens (tertiary/aromatic N) is 2. The molecule has 0 saturated heterocycles. The van der Waals surface area contributed by atoms with E-state index in [1.54, 1.807) is 17.5 Å². The molecule has 0 saturated carbocycles. The summed E-state index contributed by atoms with van der Waals surface area (Å²) in [6.07, 6.45) is 8.71. The Bertz CT molecular complexity index is 865. The number of amides is 1. The average Bonchev–Trinajstić information content (AvgIpc) is 3.24. The third-order valence-electron chi connectivity index (χ3n) is 4.13. The minimum absolute atomic E-state index is 0.0202. The van der Waals surface area contributed by atoms with E-state index in [0.717, 1.165) is 33.6 Å². The summed E-state index contributed by atoms with van der Waals surface area (Å²) in [4.78, 5) is 21.0. The molecule has 0 bridgehead atoms. The van der Waals surface area contributed by atoms with Crippen LogP contribution in [-0.4, -0.2) is 15.9 Å². The second-order valence-corrected chi connectivity index (χ2v) is 6.97. The number of anilines is 1. The topological polar surface area (TPSA) is 54.9 Å². The Balaban J connectivity index is 1.46. The monoisotopic (exact) mass is 335 g/mol. The number of allylic oxidation sites excluding steroid dienone is 2. The van der Waals surface area contributed by atoms with Crippen molar-refractivity contribution in [2.75, 3.05) is 5.32 Å². The summed E-state index contributed by atoms with van der Waals surface area (Å²) >= 11 is 1.65. The van der Waals surface area contributed by atoms with Crippen LogP contribution in [0, 0.1) is 5.92 Å². The van der Waals surface area contributed by atoms with Gasteiger partial charge in [0.25, 0.3) is 0 Å². The Hall–Kier alpha value is -2.53. The van der Waals surface area contributed by atoms with Crippen molar-refractivity contribution in [1.29, 1.82) is 0 Å². The lowest BCUT2D eigenvalue weighted by molar-refractivity contribution is -0.116. The first-order valence-electron chi connectivity index (χ1n) is 8.06. The highest BCUT2D eigenvalue weighted by atomic mass is 32.1. The third-order valence-corrected chi connectivity index (χ3v) is 5.22. The fourth-order valence-corrected chi connectivity index (χ4v) is 3.84. The second kappa shape index (κ2) is 6.53. The number of rotatable bonds is 4. The number of carbonyl (C=O) groups is 1. The maximum atomic E-state index is 12.0. The van der Waals surface area contributed by atoms with Crippen molar-refractivity contribution >= 4 is 33.3 Å². The third kappa shape index (κ3) is 3.21. The van der Waals surface area contributed by atoms with Crippen molar-refractivity contribution in [3.05, 3.63) is 54.7 Å². The molecule has 1 amide bonds. The van der Waals surface area contributed by atoms with Gasteiger partial charge in [-0.25, -0.2) is 9.97 Å². The Morgan fingerprint density at radius 2 is 2.17 bits per heavy atom. The van der Waals surface area contributed by atoms with E-state index in [1.807, 2.05) is 30.3 Å². The van der Waals surface area contributed by atoms with Gasteiger partial charge in [-0.2, -0.15) is 0 Å². The molecule has 24 heavy (non-hydrogen) atoms. The first kappa shape index (κ1) is 15.0. The molecule has 1 N–H and O–H groups in total. The number of pyridine rings is 1. The molecule has 2 heterocycles. The van der Waals surface area contributed by atoms with E-state index in [0.29, 0.717) is 18.2 Å².